The van der Waals surface area contributed by atoms with Gasteiger partial charge in [-0.15, -0.1) is 12.4 Å². The van der Waals surface area contributed by atoms with E-state index in [1.165, 1.54) is 12.1 Å². The van der Waals surface area contributed by atoms with Crippen LogP contribution in [0.2, 0.25) is 0 Å². The molecular formula is C14H20ClFN2O. The molecule has 19 heavy (non-hydrogen) atoms. The number of benzene rings is 1. The molecule has 0 saturated carbocycles. The van der Waals surface area contributed by atoms with Gasteiger partial charge in [0, 0.05) is 25.7 Å². The highest BCUT2D eigenvalue weighted by molar-refractivity contribution is 5.85. The summed E-state index contributed by atoms with van der Waals surface area (Å²) in [5, 5.41) is 3.25. The monoisotopic (exact) mass is 286 g/mol. The van der Waals surface area contributed by atoms with Crippen LogP contribution in [0.1, 0.15) is 25.3 Å². The molecule has 0 aliphatic carbocycles. The van der Waals surface area contributed by atoms with Crippen molar-refractivity contribution in [2.75, 3.05) is 19.6 Å². The highest BCUT2D eigenvalue weighted by atomic mass is 35.5. The maximum atomic E-state index is 13.2. The Balaban J connectivity index is 0.00000180. The van der Waals surface area contributed by atoms with Gasteiger partial charge in [-0.25, -0.2) is 4.39 Å². The highest BCUT2D eigenvalue weighted by Gasteiger charge is 2.27. The van der Waals surface area contributed by atoms with E-state index in [0.29, 0.717) is 0 Å². The number of carbonyl (C=O) groups excluding carboxylic acids is 1. The first-order valence-corrected chi connectivity index (χ1v) is 6.36. The zero-order chi connectivity index (χ0) is 13.1. The van der Waals surface area contributed by atoms with Gasteiger partial charge in [0.05, 0.1) is 5.92 Å². The first-order chi connectivity index (χ1) is 8.59. The molecule has 1 saturated heterocycles. The molecule has 2 rings (SSSR count). The summed E-state index contributed by atoms with van der Waals surface area (Å²) >= 11 is 0. The van der Waals surface area contributed by atoms with E-state index >= 15 is 0 Å². The van der Waals surface area contributed by atoms with Gasteiger partial charge in [0.15, 0.2) is 0 Å². The second-order valence-corrected chi connectivity index (χ2v) is 4.86. The number of hydrogen-bond acceptors (Lipinski definition) is 2. The van der Waals surface area contributed by atoms with Gasteiger partial charge in [0.1, 0.15) is 5.82 Å². The average Bonchev–Trinajstić information content (AvgIpc) is 2.37. The van der Waals surface area contributed by atoms with Crippen LogP contribution in [0.4, 0.5) is 4.39 Å². The summed E-state index contributed by atoms with van der Waals surface area (Å²) < 4.78 is 13.2. The van der Waals surface area contributed by atoms with Gasteiger partial charge in [-0.2, -0.15) is 0 Å². The van der Waals surface area contributed by atoms with E-state index in [1.807, 2.05) is 18.7 Å². The SMILES string of the molecule is CC(C(=O)N1CCNC[C@H]1C)c1cccc(F)c1.Cl. The topological polar surface area (TPSA) is 32.3 Å². The second kappa shape index (κ2) is 6.87. The molecule has 106 valence electrons. The van der Waals surface area contributed by atoms with Crippen LogP contribution < -0.4 is 5.32 Å². The molecule has 1 fully saturated rings. The van der Waals surface area contributed by atoms with Gasteiger partial charge < -0.3 is 10.2 Å². The molecule has 2 atom stereocenters. The van der Waals surface area contributed by atoms with Crippen molar-refractivity contribution in [1.29, 1.82) is 0 Å². The van der Waals surface area contributed by atoms with E-state index in [4.69, 9.17) is 0 Å². The second-order valence-electron chi connectivity index (χ2n) is 4.86. The Hall–Kier alpha value is -1.13. The average molecular weight is 287 g/mol. The molecule has 1 amide bonds. The van der Waals surface area contributed by atoms with Crippen LogP contribution in [-0.2, 0) is 4.79 Å². The number of rotatable bonds is 2. The van der Waals surface area contributed by atoms with Gasteiger partial charge in [-0.1, -0.05) is 12.1 Å². The first-order valence-electron chi connectivity index (χ1n) is 6.36. The summed E-state index contributed by atoms with van der Waals surface area (Å²) in [5.74, 6) is -0.503. The summed E-state index contributed by atoms with van der Waals surface area (Å²) in [6, 6.07) is 6.49. The van der Waals surface area contributed by atoms with E-state index in [0.717, 1.165) is 25.2 Å². The van der Waals surface area contributed by atoms with Gasteiger partial charge in [0.25, 0.3) is 0 Å². The number of piperazine rings is 1. The molecule has 0 aromatic heterocycles. The fourth-order valence-electron chi connectivity index (χ4n) is 2.34. The van der Waals surface area contributed by atoms with Crippen molar-refractivity contribution < 1.29 is 9.18 Å². The minimum Gasteiger partial charge on any atom is -0.337 e. The number of carbonyl (C=O) groups is 1. The fourth-order valence-corrected chi connectivity index (χ4v) is 2.34. The van der Waals surface area contributed by atoms with E-state index in [1.54, 1.807) is 12.1 Å². The number of amides is 1. The van der Waals surface area contributed by atoms with Crippen molar-refractivity contribution in [1.82, 2.24) is 10.2 Å². The zero-order valence-corrected chi connectivity index (χ0v) is 12.0. The Morgan fingerprint density at radius 3 is 2.89 bits per heavy atom. The first kappa shape index (κ1) is 15.9. The molecule has 3 nitrogen and oxygen atoms in total. The van der Waals surface area contributed by atoms with E-state index in [-0.39, 0.29) is 36.1 Å². The van der Waals surface area contributed by atoms with Crippen molar-refractivity contribution in [3.8, 4) is 0 Å². The lowest BCUT2D eigenvalue weighted by atomic mass is 9.98. The lowest BCUT2D eigenvalue weighted by molar-refractivity contribution is -0.135. The number of nitrogens with zero attached hydrogens (tertiary/aromatic N) is 1. The molecule has 1 aliphatic rings. The third-order valence-corrected chi connectivity index (χ3v) is 3.50. The summed E-state index contributed by atoms with van der Waals surface area (Å²) in [6.07, 6.45) is 0. The standard InChI is InChI=1S/C14H19FN2O.ClH/c1-10-9-16-6-7-17(10)14(18)11(2)12-4-3-5-13(15)8-12;/h3-5,8,10-11,16H,6-7,9H2,1-2H3;1H/t10-,11?;/m1./s1. The Kier molecular flexibility index (Phi) is 5.76. The van der Waals surface area contributed by atoms with Gasteiger partial charge >= 0.3 is 0 Å². The van der Waals surface area contributed by atoms with Crippen LogP contribution in [0.15, 0.2) is 24.3 Å². The Morgan fingerprint density at radius 2 is 2.26 bits per heavy atom. The number of halogens is 2. The number of hydrogen-bond donors (Lipinski definition) is 1. The zero-order valence-electron chi connectivity index (χ0n) is 11.2. The maximum absolute atomic E-state index is 13.2. The van der Waals surface area contributed by atoms with Gasteiger partial charge in [-0.3, -0.25) is 4.79 Å². The number of nitrogens with one attached hydrogen (secondary N) is 1. The summed E-state index contributed by atoms with van der Waals surface area (Å²) in [4.78, 5) is 14.3. The molecule has 1 unspecified atom stereocenters. The van der Waals surface area contributed by atoms with Crippen molar-refractivity contribution in [2.45, 2.75) is 25.8 Å². The maximum Gasteiger partial charge on any atom is 0.230 e. The van der Waals surface area contributed by atoms with Crippen LogP contribution in [0.3, 0.4) is 0 Å². The predicted octanol–water partition coefficient (Wildman–Crippen LogP) is 2.17. The molecule has 1 aromatic carbocycles. The Labute approximate surface area is 119 Å². The highest BCUT2D eigenvalue weighted by Crippen LogP contribution is 2.20. The summed E-state index contributed by atoms with van der Waals surface area (Å²) in [6.45, 7) is 6.24. The largest absolute Gasteiger partial charge is 0.337 e. The van der Waals surface area contributed by atoms with Crippen LogP contribution in [-0.4, -0.2) is 36.5 Å². The molecule has 0 radical (unpaired) electrons. The van der Waals surface area contributed by atoms with Crippen molar-refractivity contribution >= 4 is 18.3 Å². The molecule has 1 aliphatic heterocycles. The van der Waals surface area contributed by atoms with Gasteiger partial charge in [0.2, 0.25) is 5.91 Å². The van der Waals surface area contributed by atoms with Crippen molar-refractivity contribution in [3.63, 3.8) is 0 Å². The quantitative estimate of drug-likeness (QED) is 0.904. The fraction of sp³-hybridized carbons (Fsp3) is 0.500. The molecule has 1 heterocycles. The normalized spacial score (nSPS) is 20.6. The molecule has 0 spiro atoms. The Morgan fingerprint density at radius 1 is 1.53 bits per heavy atom. The van der Waals surface area contributed by atoms with Crippen LogP contribution in [0.25, 0.3) is 0 Å². The van der Waals surface area contributed by atoms with E-state index in [2.05, 4.69) is 5.32 Å². The Bertz CT molecular complexity index is 441. The van der Waals surface area contributed by atoms with E-state index in [9.17, 15) is 9.18 Å². The third-order valence-electron chi connectivity index (χ3n) is 3.50. The lowest BCUT2D eigenvalue weighted by Crippen LogP contribution is -2.53. The smallest absolute Gasteiger partial charge is 0.230 e. The minimum atomic E-state index is -0.291. The molecule has 5 heteroatoms. The molecule has 1 aromatic rings. The van der Waals surface area contributed by atoms with Crippen LogP contribution in [0.5, 0.6) is 0 Å². The third kappa shape index (κ3) is 3.67. The van der Waals surface area contributed by atoms with Gasteiger partial charge in [-0.05, 0) is 31.5 Å². The van der Waals surface area contributed by atoms with E-state index < -0.39 is 0 Å². The van der Waals surface area contributed by atoms with Crippen molar-refractivity contribution in [3.05, 3.63) is 35.6 Å². The minimum absolute atomic E-state index is 0. The molecule has 0 bridgehead atoms. The van der Waals surface area contributed by atoms with Crippen LogP contribution in [0, 0.1) is 5.82 Å². The lowest BCUT2D eigenvalue weighted by Gasteiger charge is -2.35. The molecule has 1 N–H and O–H groups in total. The molecular weight excluding hydrogens is 267 g/mol. The van der Waals surface area contributed by atoms with Crippen molar-refractivity contribution in [2.24, 2.45) is 0 Å². The predicted molar refractivity (Wildman–Crippen MR) is 76.1 cm³/mol. The van der Waals surface area contributed by atoms with Crippen LogP contribution >= 0.6 is 12.4 Å². The summed E-state index contributed by atoms with van der Waals surface area (Å²) in [5.41, 5.74) is 0.741. The summed E-state index contributed by atoms with van der Waals surface area (Å²) in [7, 11) is 0.